The Balaban J connectivity index is 2.04. The molecule has 0 bridgehead atoms. The molecule has 0 amide bonds. The minimum atomic E-state index is 0.921. The molecular weight excluding hydrogens is 288 g/mol. The molecule has 0 nitrogen and oxygen atoms in total. The highest BCUT2D eigenvalue weighted by Crippen LogP contribution is 2.26. The van der Waals surface area contributed by atoms with E-state index in [2.05, 4.69) is 86.3 Å². The Morgan fingerprint density at radius 3 is 1.79 bits per heavy atom. The van der Waals surface area contributed by atoms with Crippen molar-refractivity contribution in [2.75, 3.05) is 0 Å². The van der Waals surface area contributed by atoms with E-state index >= 15 is 0 Å². The minimum absolute atomic E-state index is 0.921. The van der Waals surface area contributed by atoms with E-state index in [4.69, 9.17) is 0 Å². The molecule has 3 aromatic rings. The van der Waals surface area contributed by atoms with Gasteiger partial charge in [-0.15, -0.1) is 6.58 Å². The van der Waals surface area contributed by atoms with E-state index in [0.717, 1.165) is 19.3 Å². The number of rotatable bonds is 6. The van der Waals surface area contributed by atoms with Crippen LogP contribution in [0.5, 0.6) is 0 Å². The third-order valence-corrected chi connectivity index (χ3v) is 4.57. The van der Waals surface area contributed by atoms with Gasteiger partial charge in [0.25, 0.3) is 0 Å². The van der Waals surface area contributed by atoms with Crippen LogP contribution in [0.1, 0.15) is 33.4 Å². The third kappa shape index (κ3) is 3.83. The molecule has 0 radical (unpaired) electrons. The van der Waals surface area contributed by atoms with E-state index in [1.54, 1.807) is 0 Å². The highest BCUT2D eigenvalue weighted by Gasteiger charge is 2.12. The van der Waals surface area contributed by atoms with Gasteiger partial charge in [0.15, 0.2) is 0 Å². The summed E-state index contributed by atoms with van der Waals surface area (Å²) in [4.78, 5) is 0. The van der Waals surface area contributed by atoms with Crippen LogP contribution in [0.2, 0.25) is 0 Å². The summed E-state index contributed by atoms with van der Waals surface area (Å²) in [5, 5.41) is 0. The second-order valence-corrected chi connectivity index (χ2v) is 6.32. The normalized spacial score (nSPS) is 10.5. The molecule has 0 atom stereocenters. The largest absolute Gasteiger partial charge is 0.103 e. The molecule has 0 N–H and O–H groups in total. The number of benzene rings is 3. The van der Waals surface area contributed by atoms with Crippen LogP contribution in [0.15, 0.2) is 85.5 Å². The maximum atomic E-state index is 3.94. The topological polar surface area (TPSA) is 0 Å². The molecule has 120 valence electrons. The van der Waals surface area contributed by atoms with Crippen molar-refractivity contribution in [2.24, 2.45) is 0 Å². The average molecular weight is 312 g/mol. The van der Waals surface area contributed by atoms with E-state index < -0.39 is 0 Å². The highest BCUT2D eigenvalue weighted by molar-refractivity contribution is 5.46. The zero-order valence-corrected chi connectivity index (χ0v) is 14.3. The van der Waals surface area contributed by atoms with E-state index in [1.807, 2.05) is 6.08 Å². The lowest BCUT2D eigenvalue weighted by atomic mass is 9.87. The summed E-state index contributed by atoms with van der Waals surface area (Å²) in [6.07, 6.45) is 4.89. The molecule has 0 aliphatic rings. The van der Waals surface area contributed by atoms with Crippen LogP contribution in [0.4, 0.5) is 0 Å². The Morgan fingerprint density at radius 1 is 0.708 bits per heavy atom. The van der Waals surface area contributed by atoms with Crippen LogP contribution >= 0.6 is 0 Å². The molecule has 0 spiro atoms. The minimum Gasteiger partial charge on any atom is -0.103 e. The van der Waals surface area contributed by atoms with Crippen molar-refractivity contribution in [3.63, 3.8) is 0 Å². The lowest BCUT2D eigenvalue weighted by molar-refractivity contribution is 1.03. The third-order valence-electron chi connectivity index (χ3n) is 4.57. The molecule has 0 aromatic heterocycles. The standard InChI is InChI=1S/C24H24/c1-3-10-22-16-15-19(2)23(17-20-11-6-4-7-12-20)24(22)18-21-13-8-5-9-14-21/h3-9,11-16H,1,10,17-18H2,2H3. The molecule has 0 saturated heterocycles. The molecule has 0 fully saturated rings. The van der Waals surface area contributed by atoms with Crippen molar-refractivity contribution < 1.29 is 0 Å². The maximum absolute atomic E-state index is 3.94. The van der Waals surface area contributed by atoms with Crippen LogP contribution in [0.25, 0.3) is 0 Å². The van der Waals surface area contributed by atoms with Gasteiger partial charge in [0.1, 0.15) is 0 Å². The fourth-order valence-electron chi connectivity index (χ4n) is 3.27. The fourth-order valence-corrected chi connectivity index (χ4v) is 3.27. The van der Waals surface area contributed by atoms with Crippen LogP contribution < -0.4 is 0 Å². The Bertz CT molecular complexity index is 798. The Kier molecular flexibility index (Phi) is 5.28. The van der Waals surface area contributed by atoms with Gasteiger partial charge in [-0.1, -0.05) is 78.9 Å². The molecule has 0 aliphatic heterocycles. The van der Waals surface area contributed by atoms with Crippen molar-refractivity contribution in [3.8, 4) is 0 Å². The maximum Gasteiger partial charge on any atom is -0.00200 e. The van der Waals surface area contributed by atoms with Crippen molar-refractivity contribution in [3.05, 3.63) is 119 Å². The summed E-state index contributed by atoms with van der Waals surface area (Å²) >= 11 is 0. The molecule has 0 heteroatoms. The SMILES string of the molecule is C=CCc1ccc(C)c(Cc2ccccc2)c1Cc1ccccc1. The van der Waals surface area contributed by atoms with Gasteiger partial charge in [-0.25, -0.2) is 0 Å². The highest BCUT2D eigenvalue weighted by atomic mass is 14.2. The van der Waals surface area contributed by atoms with Crippen molar-refractivity contribution >= 4 is 0 Å². The summed E-state index contributed by atoms with van der Waals surface area (Å²) in [6.45, 7) is 6.17. The molecule has 24 heavy (non-hydrogen) atoms. The van der Waals surface area contributed by atoms with Gasteiger partial charge in [-0.2, -0.15) is 0 Å². The second-order valence-electron chi connectivity index (χ2n) is 6.32. The van der Waals surface area contributed by atoms with Crippen LogP contribution in [-0.4, -0.2) is 0 Å². The first kappa shape index (κ1) is 16.3. The molecule has 3 aromatic carbocycles. The summed E-state index contributed by atoms with van der Waals surface area (Å²) in [6, 6.07) is 26.0. The van der Waals surface area contributed by atoms with Gasteiger partial charge in [-0.05, 0) is 59.6 Å². The van der Waals surface area contributed by atoms with Crippen molar-refractivity contribution in [1.82, 2.24) is 0 Å². The first-order valence-corrected chi connectivity index (χ1v) is 8.57. The molecule has 3 rings (SSSR count). The smallest absolute Gasteiger partial charge is 0.00200 e. The average Bonchev–Trinajstić information content (AvgIpc) is 2.62. The van der Waals surface area contributed by atoms with Crippen LogP contribution in [0, 0.1) is 6.92 Å². The van der Waals surface area contributed by atoms with E-state index in [-0.39, 0.29) is 0 Å². The van der Waals surface area contributed by atoms with E-state index in [0.29, 0.717) is 0 Å². The number of hydrogen-bond acceptors (Lipinski definition) is 0. The summed E-state index contributed by atoms with van der Waals surface area (Å²) in [5.74, 6) is 0. The van der Waals surface area contributed by atoms with Gasteiger partial charge in [0.05, 0.1) is 0 Å². The monoisotopic (exact) mass is 312 g/mol. The molecule has 0 heterocycles. The van der Waals surface area contributed by atoms with Gasteiger partial charge in [-0.3, -0.25) is 0 Å². The number of hydrogen-bond donors (Lipinski definition) is 0. The first-order chi connectivity index (χ1) is 11.8. The summed E-state index contributed by atoms with van der Waals surface area (Å²) in [5.41, 5.74) is 8.42. The zero-order chi connectivity index (χ0) is 16.8. The van der Waals surface area contributed by atoms with E-state index in [1.165, 1.54) is 33.4 Å². The van der Waals surface area contributed by atoms with Gasteiger partial charge >= 0.3 is 0 Å². The summed E-state index contributed by atoms with van der Waals surface area (Å²) < 4.78 is 0. The molecule has 0 aliphatic carbocycles. The van der Waals surface area contributed by atoms with E-state index in [9.17, 15) is 0 Å². The van der Waals surface area contributed by atoms with Gasteiger partial charge < -0.3 is 0 Å². The Labute approximate surface area is 145 Å². The predicted molar refractivity (Wildman–Crippen MR) is 104 cm³/mol. The van der Waals surface area contributed by atoms with Crippen molar-refractivity contribution in [1.29, 1.82) is 0 Å². The quantitative estimate of drug-likeness (QED) is 0.497. The number of allylic oxidation sites excluding steroid dienone is 1. The van der Waals surface area contributed by atoms with Crippen molar-refractivity contribution in [2.45, 2.75) is 26.2 Å². The van der Waals surface area contributed by atoms with Gasteiger partial charge in [0.2, 0.25) is 0 Å². The Morgan fingerprint density at radius 2 is 1.25 bits per heavy atom. The molecule has 0 unspecified atom stereocenters. The number of aryl methyl sites for hydroxylation is 1. The fraction of sp³-hybridized carbons (Fsp3) is 0.167. The lowest BCUT2D eigenvalue weighted by Gasteiger charge is -2.17. The lowest BCUT2D eigenvalue weighted by Crippen LogP contribution is -2.04. The van der Waals surface area contributed by atoms with Gasteiger partial charge in [0, 0.05) is 0 Å². The van der Waals surface area contributed by atoms with Crippen LogP contribution in [0.3, 0.4) is 0 Å². The summed E-state index contributed by atoms with van der Waals surface area (Å²) in [7, 11) is 0. The molecular formula is C24H24. The Hall–Kier alpha value is -2.60. The second kappa shape index (κ2) is 7.79. The van der Waals surface area contributed by atoms with Crippen LogP contribution in [-0.2, 0) is 19.3 Å². The first-order valence-electron chi connectivity index (χ1n) is 8.57. The molecule has 0 saturated carbocycles. The zero-order valence-electron chi connectivity index (χ0n) is 14.3. The predicted octanol–water partition coefficient (Wildman–Crippen LogP) is 5.91.